The summed E-state index contributed by atoms with van der Waals surface area (Å²) in [7, 11) is 0. The summed E-state index contributed by atoms with van der Waals surface area (Å²) >= 11 is 0. The van der Waals surface area contributed by atoms with Gasteiger partial charge in [-0.25, -0.2) is 0 Å². The molecule has 0 spiro atoms. The standard InChI is InChI=1S/C5H11NO3/c7-4-3-6-2-1-5(8)9/h6-7H,1-4H2,(H,8,9). The van der Waals surface area contributed by atoms with Gasteiger partial charge < -0.3 is 15.5 Å². The molecule has 0 aromatic rings. The Bertz CT molecular complexity index is 84.3. The number of rotatable bonds is 5. The third kappa shape index (κ3) is 7.39. The van der Waals surface area contributed by atoms with Crippen LogP contribution in [0.25, 0.3) is 0 Å². The summed E-state index contributed by atoms with van der Waals surface area (Å²) in [6.45, 7) is 0.947. The zero-order valence-corrected chi connectivity index (χ0v) is 5.13. The number of nitrogens with one attached hydrogen (secondary N) is 1. The topological polar surface area (TPSA) is 69.6 Å². The molecule has 0 aromatic carbocycles. The van der Waals surface area contributed by atoms with Crippen LogP contribution in [-0.2, 0) is 4.79 Å². The second-order valence-corrected chi connectivity index (χ2v) is 1.62. The van der Waals surface area contributed by atoms with Gasteiger partial charge in [0.15, 0.2) is 0 Å². The maximum atomic E-state index is 9.86. The highest BCUT2D eigenvalue weighted by molar-refractivity contribution is 5.66. The number of hydrogen-bond acceptors (Lipinski definition) is 3. The van der Waals surface area contributed by atoms with Gasteiger partial charge in [-0.1, -0.05) is 0 Å². The molecular formula is C5H11NO3. The summed E-state index contributed by atoms with van der Waals surface area (Å²) in [6, 6.07) is 0. The molecule has 0 bridgehead atoms. The van der Waals surface area contributed by atoms with Crippen LogP contribution in [0.1, 0.15) is 6.42 Å². The molecule has 9 heavy (non-hydrogen) atoms. The molecule has 0 aromatic heterocycles. The van der Waals surface area contributed by atoms with Crippen LogP contribution in [0.4, 0.5) is 0 Å². The average molecular weight is 133 g/mol. The largest absolute Gasteiger partial charge is 0.481 e. The van der Waals surface area contributed by atoms with Gasteiger partial charge in [-0.05, 0) is 0 Å². The van der Waals surface area contributed by atoms with Crippen molar-refractivity contribution in [1.29, 1.82) is 0 Å². The molecule has 0 fully saturated rings. The number of hydrogen-bond donors (Lipinski definition) is 3. The van der Waals surface area contributed by atoms with Gasteiger partial charge in [0, 0.05) is 13.1 Å². The molecule has 0 unspecified atom stereocenters. The smallest absolute Gasteiger partial charge is 0.304 e. The van der Waals surface area contributed by atoms with Crippen molar-refractivity contribution in [2.24, 2.45) is 0 Å². The fourth-order valence-electron chi connectivity index (χ4n) is 0.399. The van der Waals surface area contributed by atoms with Crippen LogP contribution in [0.3, 0.4) is 0 Å². The summed E-state index contributed by atoms with van der Waals surface area (Å²) in [6.07, 6.45) is 0.111. The molecule has 0 atom stereocenters. The first kappa shape index (κ1) is 8.39. The van der Waals surface area contributed by atoms with E-state index in [1.807, 2.05) is 0 Å². The molecule has 0 aliphatic rings. The molecule has 0 heterocycles. The van der Waals surface area contributed by atoms with E-state index in [1.165, 1.54) is 0 Å². The van der Waals surface area contributed by atoms with Gasteiger partial charge in [0.05, 0.1) is 13.0 Å². The van der Waals surface area contributed by atoms with E-state index in [4.69, 9.17) is 10.2 Å². The Morgan fingerprint density at radius 2 is 2.11 bits per heavy atom. The first-order valence-electron chi connectivity index (χ1n) is 2.80. The molecule has 0 aliphatic heterocycles. The molecular weight excluding hydrogens is 122 g/mol. The summed E-state index contributed by atoms with van der Waals surface area (Å²) < 4.78 is 0. The SMILES string of the molecule is O=C(O)CCNCCO. The number of carbonyl (C=O) groups is 1. The zero-order chi connectivity index (χ0) is 7.11. The van der Waals surface area contributed by atoms with Gasteiger partial charge in [0.1, 0.15) is 0 Å². The summed E-state index contributed by atoms with van der Waals surface area (Å²) in [5, 5.41) is 19.1. The third-order valence-corrected chi connectivity index (χ3v) is 0.804. The van der Waals surface area contributed by atoms with Crippen LogP contribution in [0, 0.1) is 0 Å². The first-order valence-corrected chi connectivity index (χ1v) is 2.80. The lowest BCUT2D eigenvalue weighted by atomic mass is 10.4. The van der Waals surface area contributed by atoms with Crippen LogP contribution in [0.2, 0.25) is 0 Å². The number of aliphatic hydroxyl groups excluding tert-OH is 1. The molecule has 4 nitrogen and oxygen atoms in total. The minimum atomic E-state index is -0.819. The lowest BCUT2D eigenvalue weighted by Crippen LogP contribution is -2.21. The van der Waals surface area contributed by atoms with Crippen LogP contribution >= 0.6 is 0 Å². The van der Waals surface area contributed by atoms with Gasteiger partial charge in [-0.3, -0.25) is 4.79 Å². The van der Waals surface area contributed by atoms with Gasteiger partial charge >= 0.3 is 5.97 Å². The third-order valence-electron chi connectivity index (χ3n) is 0.804. The molecule has 0 saturated carbocycles. The van der Waals surface area contributed by atoms with E-state index in [1.54, 1.807) is 0 Å². The molecule has 0 rings (SSSR count). The van der Waals surface area contributed by atoms with Crippen molar-refractivity contribution in [3.05, 3.63) is 0 Å². The van der Waals surface area contributed by atoms with Crippen molar-refractivity contribution < 1.29 is 15.0 Å². The number of carboxylic acid groups (broad SMARTS) is 1. The number of carboxylic acids is 1. The Balaban J connectivity index is 2.83. The van der Waals surface area contributed by atoms with Gasteiger partial charge in [-0.2, -0.15) is 0 Å². The fraction of sp³-hybridized carbons (Fsp3) is 0.800. The van der Waals surface area contributed by atoms with Crippen LogP contribution in [-0.4, -0.2) is 35.9 Å². The second-order valence-electron chi connectivity index (χ2n) is 1.62. The monoisotopic (exact) mass is 133 g/mol. The Kier molecular flexibility index (Phi) is 5.15. The maximum Gasteiger partial charge on any atom is 0.304 e. The summed E-state index contributed by atoms with van der Waals surface area (Å²) in [5.41, 5.74) is 0. The molecule has 3 N–H and O–H groups in total. The molecule has 4 heteroatoms. The van der Waals surface area contributed by atoms with Crippen molar-refractivity contribution in [3.8, 4) is 0 Å². The quantitative estimate of drug-likeness (QED) is 0.423. The lowest BCUT2D eigenvalue weighted by Gasteiger charge is -1.96. The van der Waals surface area contributed by atoms with Crippen molar-refractivity contribution in [3.63, 3.8) is 0 Å². The van der Waals surface area contributed by atoms with Crippen molar-refractivity contribution >= 4 is 5.97 Å². The van der Waals surface area contributed by atoms with Gasteiger partial charge in [-0.15, -0.1) is 0 Å². The van der Waals surface area contributed by atoms with E-state index in [2.05, 4.69) is 5.32 Å². The molecule has 0 radical (unpaired) electrons. The van der Waals surface area contributed by atoms with E-state index < -0.39 is 5.97 Å². The molecule has 0 saturated heterocycles. The highest BCUT2D eigenvalue weighted by Gasteiger charge is 1.92. The minimum absolute atomic E-state index is 0.0552. The zero-order valence-electron chi connectivity index (χ0n) is 5.13. The predicted octanol–water partition coefficient (Wildman–Crippen LogP) is -0.957. The first-order chi connectivity index (χ1) is 4.27. The van der Waals surface area contributed by atoms with E-state index in [9.17, 15) is 4.79 Å². The van der Waals surface area contributed by atoms with Crippen molar-refractivity contribution in [1.82, 2.24) is 5.32 Å². The van der Waals surface area contributed by atoms with Crippen LogP contribution in [0.15, 0.2) is 0 Å². The van der Waals surface area contributed by atoms with Gasteiger partial charge in [0.2, 0.25) is 0 Å². The summed E-state index contributed by atoms with van der Waals surface area (Å²) in [5.74, 6) is -0.819. The average Bonchev–Trinajstić information content (AvgIpc) is 1.80. The Morgan fingerprint density at radius 3 is 2.56 bits per heavy atom. The Labute approximate surface area is 53.5 Å². The van der Waals surface area contributed by atoms with E-state index in [0.717, 1.165) is 0 Å². The lowest BCUT2D eigenvalue weighted by molar-refractivity contribution is -0.136. The van der Waals surface area contributed by atoms with Crippen LogP contribution in [0.5, 0.6) is 0 Å². The second kappa shape index (κ2) is 5.53. The molecule has 0 aliphatic carbocycles. The number of aliphatic hydroxyl groups is 1. The maximum absolute atomic E-state index is 9.86. The van der Waals surface area contributed by atoms with Crippen molar-refractivity contribution in [2.45, 2.75) is 6.42 Å². The molecule has 54 valence electrons. The Morgan fingerprint density at radius 1 is 1.44 bits per heavy atom. The van der Waals surface area contributed by atoms with Crippen LogP contribution < -0.4 is 5.32 Å². The van der Waals surface area contributed by atoms with Gasteiger partial charge in [0.25, 0.3) is 0 Å². The highest BCUT2D eigenvalue weighted by Crippen LogP contribution is 1.72. The molecule has 0 amide bonds. The Hall–Kier alpha value is -0.610. The normalized spacial score (nSPS) is 9.44. The van der Waals surface area contributed by atoms with E-state index in [0.29, 0.717) is 13.1 Å². The number of aliphatic carboxylic acids is 1. The van der Waals surface area contributed by atoms with Crippen molar-refractivity contribution in [2.75, 3.05) is 19.7 Å². The highest BCUT2D eigenvalue weighted by atomic mass is 16.4. The van der Waals surface area contributed by atoms with E-state index in [-0.39, 0.29) is 13.0 Å². The fourth-order valence-corrected chi connectivity index (χ4v) is 0.399. The minimum Gasteiger partial charge on any atom is -0.481 e. The van der Waals surface area contributed by atoms with E-state index >= 15 is 0 Å². The summed E-state index contributed by atoms with van der Waals surface area (Å²) in [4.78, 5) is 9.86. The predicted molar refractivity (Wildman–Crippen MR) is 32.2 cm³/mol.